The molecule has 0 aliphatic carbocycles. The summed E-state index contributed by atoms with van der Waals surface area (Å²) < 4.78 is 26.7. The molecule has 102 valence electrons. The number of rotatable bonds is 4. The predicted octanol–water partition coefficient (Wildman–Crippen LogP) is 2.09. The minimum atomic E-state index is -3.73. The van der Waals surface area contributed by atoms with Crippen LogP contribution in [0.5, 0.6) is 0 Å². The molecule has 1 aromatic carbocycles. The van der Waals surface area contributed by atoms with Crippen molar-refractivity contribution in [3.05, 3.63) is 58.9 Å². The van der Waals surface area contributed by atoms with Crippen molar-refractivity contribution in [3.8, 4) is 6.07 Å². The maximum atomic E-state index is 12.1. The van der Waals surface area contributed by atoms with Gasteiger partial charge in [-0.1, -0.05) is 11.6 Å². The maximum Gasteiger partial charge on any atom is 0.242 e. The molecule has 0 saturated heterocycles. The average Bonchev–Trinajstić information content (AvgIpc) is 2.46. The highest BCUT2D eigenvalue weighted by Crippen LogP contribution is 2.22. The lowest BCUT2D eigenvalue weighted by Crippen LogP contribution is -2.23. The first kappa shape index (κ1) is 14.5. The van der Waals surface area contributed by atoms with Gasteiger partial charge in [0.1, 0.15) is 4.90 Å². The van der Waals surface area contributed by atoms with Crippen LogP contribution in [-0.4, -0.2) is 13.4 Å². The largest absolute Gasteiger partial charge is 0.265 e. The van der Waals surface area contributed by atoms with E-state index in [2.05, 4.69) is 9.71 Å². The molecular weight excluding hydrogens is 298 g/mol. The number of nitriles is 1. The number of benzene rings is 1. The average molecular weight is 308 g/mol. The zero-order valence-electron chi connectivity index (χ0n) is 10.2. The first-order chi connectivity index (χ1) is 9.53. The van der Waals surface area contributed by atoms with Crippen LogP contribution in [0, 0.1) is 11.3 Å². The number of nitrogens with zero attached hydrogens (tertiary/aromatic N) is 2. The molecule has 0 aliphatic rings. The summed E-state index contributed by atoms with van der Waals surface area (Å²) in [5.74, 6) is 0. The maximum absolute atomic E-state index is 12.1. The number of nitrogens with one attached hydrogen (secondary N) is 1. The minimum absolute atomic E-state index is 0.0197. The van der Waals surface area contributed by atoms with Crippen molar-refractivity contribution in [2.24, 2.45) is 0 Å². The van der Waals surface area contributed by atoms with Crippen molar-refractivity contribution < 1.29 is 8.42 Å². The van der Waals surface area contributed by atoms with Gasteiger partial charge in [-0.3, -0.25) is 4.98 Å². The fourth-order valence-corrected chi connectivity index (χ4v) is 3.11. The van der Waals surface area contributed by atoms with E-state index in [1.807, 2.05) is 6.07 Å². The molecule has 0 saturated carbocycles. The van der Waals surface area contributed by atoms with Crippen molar-refractivity contribution in [3.63, 3.8) is 0 Å². The van der Waals surface area contributed by atoms with Crippen molar-refractivity contribution in [1.82, 2.24) is 9.71 Å². The van der Waals surface area contributed by atoms with Gasteiger partial charge in [0.15, 0.2) is 0 Å². The molecule has 0 aliphatic heterocycles. The fourth-order valence-electron chi connectivity index (χ4n) is 1.55. The summed E-state index contributed by atoms with van der Waals surface area (Å²) >= 11 is 5.89. The van der Waals surface area contributed by atoms with E-state index in [0.717, 1.165) is 5.56 Å². The third kappa shape index (κ3) is 3.33. The summed E-state index contributed by atoms with van der Waals surface area (Å²) in [4.78, 5) is 3.80. The second kappa shape index (κ2) is 6.01. The van der Waals surface area contributed by atoms with Gasteiger partial charge in [-0.25, -0.2) is 13.1 Å². The molecule has 0 amide bonds. The van der Waals surface area contributed by atoms with E-state index in [-0.39, 0.29) is 16.5 Å². The van der Waals surface area contributed by atoms with Crippen molar-refractivity contribution in [1.29, 1.82) is 5.26 Å². The van der Waals surface area contributed by atoms with Gasteiger partial charge in [0.05, 0.1) is 16.7 Å². The van der Waals surface area contributed by atoms with Gasteiger partial charge >= 0.3 is 0 Å². The normalized spacial score (nSPS) is 11.0. The van der Waals surface area contributed by atoms with Crippen LogP contribution in [0.1, 0.15) is 11.1 Å². The van der Waals surface area contributed by atoms with Gasteiger partial charge in [0, 0.05) is 18.9 Å². The molecule has 1 N–H and O–H groups in total. The quantitative estimate of drug-likeness (QED) is 0.937. The number of aromatic nitrogens is 1. The van der Waals surface area contributed by atoms with E-state index >= 15 is 0 Å². The van der Waals surface area contributed by atoms with Crippen LogP contribution in [-0.2, 0) is 16.6 Å². The molecule has 1 aromatic heterocycles. The van der Waals surface area contributed by atoms with Crippen LogP contribution < -0.4 is 4.72 Å². The van der Waals surface area contributed by atoms with Gasteiger partial charge in [-0.05, 0) is 35.9 Å². The van der Waals surface area contributed by atoms with Gasteiger partial charge in [0.2, 0.25) is 10.0 Å². The Kier molecular flexibility index (Phi) is 4.35. The third-order valence-corrected chi connectivity index (χ3v) is 4.45. The molecule has 0 atom stereocenters. The highest BCUT2D eigenvalue weighted by atomic mass is 35.5. The van der Waals surface area contributed by atoms with E-state index in [1.165, 1.54) is 18.2 Å². The predicted molar refractivity (Wildman–Crippen MR) is 74.4 cm³/mol. The summed E-state index contributed by atoms with van der Waals surface area (Å²) in [5, 5.41) is 8.75. The Morgan fingerprint density at radius 3 is 2.55 bits per heavy atom. The van der Waals surface area contributed by atoms with Crippen LogP contribution in [0.3, 0.4) is 0 Å². The van der Waals surface area contributed by atoms with Gasteiger partial charge < -0.3 is 0 Å². The van der Waals surface area contributed by atoms with E-state index in [4.69, 9.17) is 16.9 Å². The second-order valence-electron chi connectivity index (χ2n) is 3.94. The standard InChI is InChI=1S/C13H10ClN3O2S/c14-12-7-11(8-15)1-2-13(12)20(18,19)17-9-10-3-5-16-6-4-10/h1-7,17H,9H2. The second-order valence-corrected chi connectivity index (χ2v) is 6.08. The molecule has 0 bridgehead atoms. The van der Waals surface area contributed by atoms with Gasteiger partial charge in [-0.2, -0.15) is 5.26 Å². The van der Waals surface area contributed by atoms with E-state index < -0.39 is 10.0 Å². The Labute approximate surface area is 121 Å². The fraction of sp³-hybridized carbons (Fsp3) is 0.0769. The van der Waals surface area contributed by atoms with E-state index in [0.29, 0.717) is 5.56 Å². The lowest BCUT2D eigenvalue weighted by atomic mass is 10.2. The Morgan fingerprint density at radius 2 is 1.95 bits per heavy atom. The number of sulfonamides is 1. The lowest BCUT2D eigenvalue weighted by molar-refractivity contribution is 0.581. The number of hydrogen-bond donors (Lipinski definition) is 1. The Balaban J connectivity index is 2.21. The number of hydrogen-bond acceptors (Lipinski definition) is 4. The molecule has 1 heterocycles. The molecule has 2 rings (SSSR count). The van der Waals surface area contributed by atoms with E-state index in [9.17, 15) is 8.42 Å². The topological polar surface area (TPSA) is 82.8 Å². The van der Waals surface area contributed by atoms with Crippen molar-refractivity contribution in [2.75, 3.05) is 0 Å². The smallest absolute Gasteiger partial charge is 0.242 e. The first-order valence-corrected chi connectivity index (χ1v) is 7.47. The molecular formula is C13H10ClN3O2S. The zero-order chi connectivity index (χ0) is 14.6. The summed E-state index contributed by atoms with van der Waals surface area (Å²) in [6.45, 7) is 0.140. The zero-order valence-corrected chi connectivity index (χ0v) is 11.8. The molecule has 0 fully saturated rings. The molecule has 0 radical (unpaired) electrons. The van der Waals surface area contributed by atoms with Gasteiger partial charge in [-0.15, -0.1) is 0 Å². The van der Waals surface area contributed by atoms with Crippen molar-refractivity contribution >= 4 is 21.6 Å². The molecule has 7 heteroatoms. The van der Waals surface area contributed by atoms with Crippen LogP contribution in [0.25, 0.3) is 0 Å². The Hall–Kier alpha value is -1.94. The first-order valence-electron chi connectivity index (χ1n) is 5.61. The summed E-state index contributed by atoms with van der Waals surface area (Å²) in [6.07, 6.45) is 3.16. The van der Waals surface area contributed by atoms with Crippen LogP contribution in [0.4, 0.5) is 0 Å². The summed E-state index contributed by atoms with van der Waals surface area (Å²) in [7, 11) is -3.73. The van der Waals surface area contributed by atoms with Gasteiger partial charge in [0.25, 0.3) is 0 Å². The molecule has 5 nitrogen and oxygen atoms in total. The molecule has 0 spiro atoms. The minimum Gasteiger partial charge on any atom is -0.265 e. The Morgan fingerprint density at radius 1 is 1.25 bits per heavy atom. The monoisotopic (exact) mass is 307 g/mol. The van der Waals surface area contributed by atoms with Crippen LogP contribution in [0.2, 0.25) is 5.02 Å². The van der Waals surface area contributed by atoms with Crippen LogP contribution in [0.15, 0.2) is 47.6 Å². The number of pyridine rings is 1. The summed E-state index contributed by atoms with van der Waals surface area (Å²) in [5.41, 5.74) is 1.09. The molecule has 0 unspecified atom stereocenters. The molecule has 20 heavy (non-hydrogen) atoms. The highest BCUT2D eigenvalue weighted by molar-refractivity contribution is 7.89. The lowest BCUT2D eigenvalue weighted by Gasteiger charge is -2.08. The third-order valence-electron chi connectivity index (χ3n) is 2.57. The van der Waals surface area contributed by atoms with Crippen molar-refractivity contribution in [2.45, 2.75) is 11.4 Å². The SMILES string of the molecule is N#Cc1ccc(S(=O)(=O)NCc2ccncc2)c(Cl)c1. The Bertz CT molecular complexity index is 755. The molecule has 2 aromatic rings. The summed E-state index contributed by atoms with van der Waals surface area (Å²) in [6, 6.07) is 9.37. The highest BCUT2D eigenvalue weighted by Gasteiger charge is 2.17. The van der Waals surface area contributed by atoms with E-state index in [1.54, 1.807) is 24.5 Å². The van der Waals surface area contributed by atoms with Crippen LogP contribution >= 0.6 is 11.6 Å². The number of halogens is 1.